The van der Waals surface area contributed by atoms with E-state index in [1.807, 2.05) is 16.4 Å². The molecule has 3 rings (SSSR count). The molecule has 0 aromatic carbocycles. The van der Waals surface area contributed by atoms with Crippen LogP contribution in [0.25, 0.3) is 11.2 Å². The maximum Gasteiger partial charge on any atom is 0.248 e. The lowest BCUT2D eigenvalue weighted by Gasteiger charge is -2.26. The van der Waals surface area contributed by atoms with Gasteiger partial charge in [-0.3, -0.25) is 4.79 Å². The summed E-state index contributed by atoms with van der Waals surface area (Å²) in [6.45, 7) is 8.89. The van der Waals surface area contributed by atoms with Crippen molar-refractivity contribution in [2.45, 2.75) is 39.3 Å². The summed E-state index contributed by atoms with van der Waals surface area (Å²) < 4.78 is 7.21. The largest absolute Gasteiger partial charge is 0.372 e. The Morgan fingerprint density at radius 3 is 2.96 bits per heavy atom. The van der Waals surface area contributed by atoms with Crippen LogP contribution in [0.1, 0.15) is 27.2 Å². The van der Waals surface area contributed by atoms with E-state index in [0.717, 1.165) is 24.1 Å². The summed E-state index contributed by atoms with van der Waals surface area (Å²) in [5, 5.41) is 3.48. The first-order chi connectivity index (χ1) is 11.6. The van der Waals surface area contributed by atoms with Crippen LogP contribution in [0.15, 0.2) is 12.7 Å². The SMILES string of the molecule is CCOCC(=O)N1CCC(C)(Nc2ncnc3c2ncn3CC)C1. The van der Waals surface area contributed by atoms with Gasteiger partial charge in [-0.2, -0.15) is 0 Å². The smallest absolute Gasteiger partial charge is 0.248 e. The Bertz CT molecular complexity index is 730. The number of fused-ring (bicyclic) bond motifs is 1. The maximum atomic E-state index is 12.1. The Morgan fingerprint density at radius 1 is 1.38 bits per heavy atom. The van der Waals surface area contributed by atoms with E-state index in [9.17, 15) is 4.79 Å². The summed E-state index contributed by atoms with van der Waals surface area (Å²) in [5.41, 5.74) is 1.35. The van der Waals surface area contributed by atoms with Gasteiger partial charge in [0.05, 0.1) is 11.9 Å². The number of imidazole rings is 1. The van der Waals surface area contributed by atoms with Gasteiger partial charge in [0.15, 0.2) is 11.5 Å². The summed E-state index contributed by atoms with van der Waals surface area (Å²) in [4.78, 5) is 27.1. The topological polar surface area (TPSA) is 85.2 Å². The summed E-state index contributed by atoms with van der Waals surface area (Å²) >= 11 is 0. The number of nitrogens with one attached hydrogen (secondary N) is 1. The van der Waals surface area contributed by atoms with Crippen LogP contribution in [-0.2, 0) is 16.1 Å². The van der Waals surface area contributed by atoms with Crippen molar-refractivity contribution < 1.29 is 9.53 Å². The van der Waals surface area contributed by atoms with E-state index in [4.69, 9.17) is 4.74 Å². The molecule has 1 N–H and O–H groups in total. The van der Waals surface area contributed by atoms with Gasteiger partial charge in [0, 0.05) is 26.2 Å². The van der Waals surface area contributed by atoms with Crippen molar-refractivity contribution in [1.29, 1.82) is 0 Å². The molecule has 1 fully saturated rings. The number of ether oxygens (including phenoxy) is 1. The molecule has 2 aromatic rings. The van der Waals surface area contributed by atoms with Crippen LogP contribution in [0.4, 0.5) is 5.82 Å². The molecule has 3 heterocycles. The summed E-state index contributed by atoms with van der Waals surface area (Å²) in [6.07, 6.45) is 4.18. The van der Waals surface area contributed by atoms with Crippen LogP contribution in [0.3, 0.4) is 0 Å². The van der Waals surface area contributed by atoms with Crippen LogP contribution >= 0.6 is 0 Å². The molecule has 8 heteroatoms. The molecule has 2 aromatic heterocycles. The third-order valence-corrected chi connectivity index (χ3v) is 4.42. The Morgan fingerprint density at radius 2 is 2.21 bits per heavy atom. The number of aromatic nitrogens is 4. The van der Waals surface area contributed by atoms with E-state index >= 15 is 0 Å². The zero-order valence-corrected chi connectivity index (χ0v) is 14.4. The number of likely N-dealkylation sites (tertiary alicyclic amines) is 1. The molecule has 0 spiro atoms. The first kappa shape index (κ1) is 16.6. The third-order valence-electron chi connectivity index (χ3n) is 4.42. The average Bonchev–Trinajstić information content (AvgIpc) is 3.17. The van der Waals surface area contributed by atoms with Crippen molar-refractivity contribution in [3.63, 3.8) is 0 Å². The molecule has 0 radical (unpaired) electrons. The highest BCUT2D eigenvalue weighted by Crippen LogP contribution is 2.27. The lowest BCUT2D eigenvalue weighted by Crippen LogP contribution is -2.41. The molecule has 1 atom stereocenters. The van der Waals surface area contributed by atoms with Crippen LogP contribution in [0.2, 0.25) is 0 Å². The maximum absolute atomic E-state index is 12.1. The van der Waals surface area contributed by atoms with Crippen LogP contribution in [0.5, 0.6) is 0 Å². The number of hydrogen-bond acceptors (Lipinski definition) is 6. The van der Waals surface area contributed by atoms with Crippen molar-refractivity contribution in [1.82, 2.24) is 24.4 Å². The van der Waals surface area contributed by atoms with Crippen molar-refractivity contribution in [3.8, 4) is 0 Å². The first-order valence-corrected chi connectivity index (χ1v) is 8.36. The number of rotatable bonds is 6. The molecule has 130 valence electrons. The van der Waals surface area contributed by atoms with Gasteiger partial charge in [-0.05, 0) is 27.2 Å². The second-order valence-corrected chi connectivity index (χ2v) is 6.31. The molecule has 1 aliphatic heterocycles. The molecule has 1 unspecified atom stereocenters. The van der Waals surface area contributed by atoms with Crippen LogP contribution in [-0.4, -0.2) is 62.2 Å². The zero-order valence-electron chi connectivity index (χ0n) is 14.4. The quantitative estimate of drug-likeness (QED) is 0.858. The highest BCUT2D eigenvalue weighted by Gasteiger charge is 2.36. The molecule has 1 amide bonds. The van der Waals surface area contributed by atoms with Gasteiger partial charge in [0.25, 0.3) is 0 Å². The first-order valence-electron chi connectivity index (χ1n) is 8.36. The van der Waals surface area contributed by atoms with Gasteiger partial charge in [-0.1, -0.05) is 0 Å². The van der Waals surface area contributed by atoms with Gasteiger partial charge in [-0.15, -0.1) is 0 Å². The van der Waals surface area contributed by atoms with Crippen molar-refractivity contribution in [2.24, 2.45) is 0 Å². The normalized spacial score (nSPS) is 20.7. The molecular formula is C16H24N6O2. The molecular weight excluding hydrogens is 308 g/mol. The lowest BCUT2D eigenvalue weighted by molar-refractivity contribution is -0.135. The van der Waals surface area contributed by atoms with E-state index in [-0.39, 0.29) is 18.1 Å². The fraction of sp³-hybridized carbons (Fsp3) is 0.625. The van der Waals surface area contributed by atoms with Gasteiger partial charge in [-0.25, -0.2) is 15.0 Å². The summed E-state index contributed by atoms with van der Waals surface area (Å²) in [5.74, 6) is 0.749. The van der Waals surface area contributed by atoms with Gasteiger partial charge in [0.1, 0.15) is 18.5 Å². The second-order valence-electron chi connectivity index (χ2n) is 6.31. The highest BCUT2D eigenvalue weighted by molar-refractivity contribution is 5.83. The molecule has 8 nitrogen and oxygen atoms in total. The minimum atomic E-state index is -0.237. The van der Waals surface area contributed by atoms with Gasteiger partial charge < -0.3 is 19.5 Å². The molecule has 24 heavy (non-hydrogen) atoms. The Hall–Kier alpha value is -2.22. The number of carbonyl (C=O) groups excluding carboxylic acids is 1. The predicted octanol–water partition coefficient (Wildman–Crippen LogP) is 1.29. The van der Waals surface area contributed by atoms with Gasteiger partial charge >= 0.3 is 0 Å². The van der Waals surface area contributed by atoms with Gasteiger partial charge in [0.2, 0.25) is 5.91 Å². The highest BCUT2D eigenvalue weighted by atomic mass is 16.5. The van der Waals surface area contributed by atoms with E-state index in [1.54, 1.807) is 12.7 Å². The van der Waals surface area contributed by atoms with Crippen molar-refractivity contribution in [2.75, 3.05) is 31.6 Å². The lowest BCUT2D eigenvalue weighted by atomic mass is 10.0. The fourth-order valence-corrected chi connectivity index (χ4v) is 3.05. The minimum Gasteiger partial charge on any atom is -0.372 e. The number of anilines is 1. The number of carbonyl (C=O) groups is 1. The molecule has 0 bridgehead atoms. The van der Waals surface area contributed by atoms with Crippen LogP contribution in [0, 0.1) is 0 Å². The third kappa shape index (κ3) is 3.19. The molecule has 1 aliphatic rings. The monoisotopic (exact) mass is 332 g/mol. The molecule has 0 aliphatic carbocycles. The number of aryl methyl sites for hydroxylation is 1. The van der Waals surface area contributed by atoms with Crippen molar-refractivity contribution in [3.05, 3.63) is 12.7 Å². The number of amides is 1. The number of nitrogens with zero attached hydrogens (tertiary/aromatic N) is 5. The Balaban J connectivity index is 1.74. The Kier molecular flexibility index (Phi) is 4.66. The average molecular weight is 332 g/mol. The second kappa shape index (κ2) is 6.72. The summed E-state index contributed by atoms with van der Waals surface area (Å²) in [7, 11) is 0. The fourth-order valence-electron chi connectivity index (χ4n) is 3.05. The zero-order chi connectivity index (χ0) is 17.2. The minimum absolute atomic E-state index is 0.0328. The van der Waals surface area contributed by atoms with Crippen LogP contribution < -0.4 is 5.32 Å². The standard InChI is InChI=1S/C16H24N6O2/c1-4-21-11-19-13-14(17-10-18-15(13)21)20-16(3)6-7-22(9-16)12(23)8-24-5-2/h10-11H,4-9H2,1-3H3,(H,17,18,20). The summed E-state index contributed by atoms with van der Waals surface area (Å²) in [6, 6.07) is 0. The Labute approximate surface area is 141 Å². The molecule has 1 saturated heterocycles. The molecule has 0 saturated carbocycles. The van der Waals surface area contributed by atoms with Crippen molar-refractivity contribution >= 4 is 22.9 Å². The number of hydrogen-bond donors (Lipinski definition) is 1. The van der Waals surface area contributed by atoms with E-state index < -0.39 is 0 Å². The van der Waals surface area contributed by atoms with E-state index in [0.29, 0.717) is 25.5 Å². The van der Waals surface area contributed by atoms with E-state index in [2.05, 4.69) is 34.1 Å². The predicted molar refractivity (Wildman–Crippen MR) is 90.7 cm³/mol. The van der Waals surface area contributed by atoms with E-state index in [1.165, 1.54) is 0 Å².